The Labute approximate surface area is 136 Å². The lowest BCUT2D eigenvalue weighted by atomic mass is 10.1. The van der Waals surface area contributed by atoms with Crippen LogP contribution < -0.4 is 0 Å². The average molecular weight is 327 g/mol. The number of rotatable bonds is 2. The molecule has 0 bridgehead atoms. The molecule has 23 heavy (non-hydrogen) atoms. The maximum Gasteiger partial charge on any atom is 0.156 e. The third kappa shape index (κ3) is 2.49. The first kappa shape index (κ1) is 14.0. The third-order valence-electron chi connectivity index (χ3n) is 3.74. The van der Waals surface area contributed by atoms with E-state index in [4.69, 9.17) is 11.6 Å². The van der Waals surface area contributed by atoms with Crippen LogP contribution in [0.5, 0.6) is 0 Å². The van der Waals surface area contributed by atoms with Gasteiger partial charge in [0.15, 0.2) is 5.82 Å². The molecule has 2 aromatic carbocycles. The fraction of sp³-hybridized carbons (Fsp3) is 0.0588. The van der Waals surface area contributed by atoms with E-state index in [1.165, 1.54) is 12.1 Å². The Morgan fingerprint density at radius 2 is 1.87 bits per heavy atom. The van der Waals surface area contributed by atoms with Crippen molar-refractivity contribution in [3.8, 4) is 22.8 Å². The summed E-state index contributed by atoms with van der Waals surface area (Å²) in [6, 6.07) is 11.9. The maximum absolute atomic E-state index is 13.0. The van der Waals surface area contributed by atoms with Crippen molar-refractivity contribution in [1.82, 2.24) is 20.2 Å². The Bertz CT molecular complexity index is 962. The first-order valence-corrected chi connectivity index (χ1v) is 7.45. The summed E-state index contributed by atoms with van der Waals surface area (Å²) in [5, 5.41) is 7.91. The summed E-state index contributed by atoms with van der Waals surface area (Å²) in [5.74, 6) is 0.413. The second-order valence-electron chi connectivity index (χ2n) is 5.38. The minimum Gasteiger partial charge on any atom is -0.337 e. The van der Waals surface area contributed by atoms with Gasteiger partial charge in [-0.05, 0) is 55.0 Å². The number of hydrogen-bond acceptors (Lipinski definition) is 2. The molecule has 6 heteroatoms. The van der Waals surface area contributed by atoms with Crippen LogP contribution in [0.1, 0.15) is 5.56 Å². The maximum atomic E-state index is 13.0. The van der Waals surface area contributed by atoms with Crippen molar-refractivity contribution in [2.75, 3.05) is 0 Å². The second-order valence-corrected chi connectivity index (χ2v) is 5.78. The topological polar surface area (TPSA) is 57.4 Å². The minimum atomic E-state index is -0.269. The SMILES string of the molecule is Cc1cc2[nH]c(-c3cc(-c4ccc(F)cc4)n[nH]3)nc2cc1Cl. The molecule has 0 amide bonds. The molecule has 0 aliphatic heterocycles. The highest BCUT2D eigenvalue weighted by Gasteiger charge is 2.11. The molecule has 2 heterocycles. The molecular weight excluding hydrogens is 315 g/mol. The molecule has 0 spiro atoms. The predicted octanol–water partition coefficient (Wildman–Crippen LogP) is 4.72. The van der Waals surface area contributed by atoms with Crippen molar-refractivity contribution in [2.45, 2.75) is 6.92 Å². The number of nitrogens with zero attached hydrogens (tertiary/aromatic N) is 2. The van der Waals surface area contributed by atoms with Gasteiger partial charge in [0.1, 0.15) is 11.5 Å². The van der Waals surface area contributed by atoms with Gasteiger partial charge in [0, 0.05) is 10.6 Å². The van der Waals surface area contributed by atoms with Crippen LogP contribution in [0.25, 0.3) is 33.8 Å². The zero-order valence-corrected chi connectivity index (χ0v) is 12.9. The fourth-order valence-electron chi connectivity index (χ4n) is 2.48. The van der Waals surface area contributed by atoms with Crippen LogP contribution in [0.15, 0.2) is 42.5 Å². The van der Waals surface area contributed by atoms with Crippen molar-refractivity contribution >= 4 is 22.6 Å². The summed E-state index contributed by atoms with van der Waals surface area (Å²) in [7, 11) is 0. The van der Waals surface area contributed by atoms with Gasteiger partial charge in [-0.1, -0.05) is 11.6 Å². The van der Waals surface area contributed by atoms with Gasteiger partial charge in [-0.15, -0.1) is 0 Å². The molecule has 2 N–H and O–H groups in total. The molecule has 0 aliphatic carbocycles. The van der Waals surface area contributed by atoms with Crippen molar-refractivity contribution in [2.24, 2.45) is 0 Å². The quantitative estimate of drug-likeness (QED) is 0.560. The Kier molecular flexibility index (Phi) is 3.16. The van der Waals surface area contributed by atoms with Crippen molar-refractivity contribution in [3.63, 3.8) is 0 Å². The van der Waals surface area contributed by atoms with Crippen molar-refractivity contribution < 1.29 is 4.39 Å². The zero-order valence-electron chi connectivity index (χ0n) is 12.2. The highest BCUT2D eigenvalue weighted by Crippen LogP contribution is 2.26. The molecule has 2 aromatic heterocycles. The van der Waals surface area contributed by atoms with Gasteiger partial charge in [-0.2, -0.15) is 5.10 Å². The van der Waals surface area contributed by atoms with Crippen LogP contribution in [0, 0.1) is 12.7 Å². The summed E-state index contributed by atoms with van der Waals surface area (Å²) in [6.07, 6.45) is 0. The number of benzene rings is 2. The summed E-state index contributed by atoms with van der Waals surface area (Å²) < 4.78 is 13.0. The lowest BCUT2D eigenvalue weighted by Gasteiger charge is -1.95. The van der Waals surface area contributed by atoms with Gasteiger partial charge in [-0.25, -0.2) is 9.37 Å². The molecule has 4 nitrogen and oxygen atoms in total. The number of H-pyrrole nitrogens is 2. The highest BCUT2D eigenvalue weighted by atomic mass is 35.5. The van der Waals surface area contributed by atoms with Crippen LogP contribution in [0.3, 0.4) is 0 Å². The van der Waals surface area contributed by atoms with E-state index < -0.39 is 0 Å². The first-order chi connectivity index (χ1) is 11.1. The van der Waals surface area contributed by atoms with E-state index in [1.54, 1.807) is 12.1 Å². The minimum absolute atomic E-state index is 0.269. The normalized spacial score (nSPS) is 11.3. The average Bonchev–Trinajstić information content (AvgIpc) is 3.15. The monoisotopic (exact) mass is 326 g/mol. The van der Waals surface area contributed by atoms with Gasteiger partial charge in [0.25, 0.3) is 0 Å². The van der Waals surface area contributed by atoms with Gasteiger partial charge < -0.3 is 4.98 Å². The van der Waals surface area contributed by atoms with Gasteiger partial charge in [0.05, 0.1) is 16.7 Å². The van der Waals surface area contributed by atoms with Crippen LogP contribution in [0.2, 0.25) is 5.02 Å². The smallest absolute Gasteiger partial charge is 0.156 e. The van der Waals surface area contributed by atoms with Gasteiger partial charge >= 0.3 is 0 Å². The number of halogens is 2. The Morgan fingerprint density at radius 1 is 1.09 bits per heavy atom. The number of hydrogen-bond donors (Lipinski definition) is 2. The molecule has 0 fully saturated rings. The van der Waals surface area contributed by atoms with E-state index in [9.17, 15) is 4.39 Å². The molecule has 0 unspecified atom stereocenters. The number of fused-ring (bicyclic) bond motifs is 1. The molecule has 0 saturated heterocycles. The van der Waals surface area contributed by atoms with E-state index in [0.717, 1.165) is 33.5 Å². The molecule has 4 aromatic rings. The van der Waals surface area contributed by atoms with Gasteiger partial charge in [0.2, 0.25) is 0 Å². The highest BCUT2D eigenvalue weighted by molar-refractivity contribution is 6.32. The van der Waals surface area contributed by atoms with E-state index in [2.05, 4.69) is 20.2 Å². The van der Waals surface area contributed by atoms with E-state index in [1.807, 2.05) is 25.1 Å². The number of aromatic nitrogens is 4. The summed E-state index contributed by atoms with van der Waals surface area (Å²) >= 11 is 6.14. The molecule has 0 radical (unpaired) electrons. The number of aromatic amines is 2. The van der Waals surface area contributed by atoms with E-state index in [-0.39, 0.29) is 5.82 Å². The Morgan fingerprint density at radius 3 is 2.65 bits per heavy atom. The molecule has 114 valence electrons. The van der Waals surface area contributed by atoms with Crippen LogP contribution in [0.4, 0.5) is 4.39 Å². The second kappa shape index (κ2) is 5.21. The zero-order chi connectivity index (χ0) is 16.0. The number of nitrogens with one attached hydrogen (secondary N) is 2. The van der Waals surface area contributed by atoms with E-state index in [0.29, 0.717) is 10.8 Å². The number of imidazole rings is 1. The summed E-state index contributed by atoms with van der Waals surface area (Å²) in [4.78, 5) is 7.79. The lowest BCUT2D eigenvalue weighted by molar-refractivity contribution is 0.628. The molecule has 0 aliphatic rings. The Hall–Kier alpha value is -2.66. The fourth-order valence-corrected chi connectivity index (χ4v) is 2.64. The first-order valence-electron chi connectivity index (χ1n) is 7.08. The standard InChI is InChI=1S/C17H12ClFN4/c1-9-6-14-15(7-12(9)18)21-17(20-14)16-8-13(22-23-16)10-2-4-11(19)5-3-10/h2-8H,1H3,(H,20,21)(H,22,23). The molecular formula is C17H12ClFN4. The number of aryl methyl sites for hydroxylation is 1. The molecule has 0 atom stereocenters. The summed E-state index contributed by atoms with van der Waals surface area (Å²) in [6.45, 7) is 1.95. The largest absolute Gasteiger partial charge is 0.337 e. The van der Waals surface area contributed by atoms with Gasteiger partial charge in [-0.3, -0.25) is 5.10 Å². The van der Waals surface area contributed by atoms with Crippen LogP contribution in [-0.2, 0) is 0 Å². The lowest BCUT2D eigenvalue weighted by Crippen LogP contribution is -1.79. The Balaban J connectivity index is 1.75. The molecule has 4 rings (SSSR count). The molecule has 0 saturated carbocycles. The predicted molar refractivity (Wildman–Crippen MR) is 88.8 cm³/mol. The van der Waals surface area contributed by atoms with Crippen LogP contribution in [-0.4, -0.2) is 20.2 Å². The third-order valence-corrected chi connectivity index (χ3v) is 4.14. The van der Waals surface area contributed by atoms with Crippen molar-refractivity contribution in [3.05, 3.63) is 58.9 Å². The van der Waals surface area contributed by atoms with Crippen LogP contribution >= 0.6 is 11.6 Å². The van der Waals surface area contributed by atoms with Crippen molar-refractivity contribution in [1.29, 1.82) is 0 Å². The van der Waals surface area contributed by atoms with E-state index >= 15 is 0 Å². The summed E-state index contributed by atoms with van der Waals surface area (Å²) in [5.41, 5.74) is 5.03.